The van der Waals surface area contributed by atoms with E-state index >= 15 is 0 Å². The number of benzene rings is 1. The van der Waals surface area contributed by atoms with Crippen molar-refractivity contribution in [2.75, 3.05) is 20.2 Å². The first-order valence-electron chi connectivity index (χ1n) is 6.17. The van der Waals surface area contributed by atoms with Gasteiger partial charge in [-0.15, -0.1) is 0 Å². The van der Waals surface area contributed by atoms with Gasteiger partial charge in [0.15, 0.2) is 0 Å². The zero-order chi connectivity index (χ0) is 12.3. The quantitative estimate of drug-likeness (QED) is 0.868. The zero-order valence-electron chi connectivity index (χ0n) is 10.5. The van der Waals surface area contributed by atoms with Gasteiger partial charge in [0.25, 0.3) is 0 Å². The van der Waals surface area contributed by atoms with Gasteiger partial charge in [-0.25, -0.2) is 4.39 Å². The van der Waals surface area contributed by atoms with Crippen molar-refractivity contribution in [3.05, 3.63) is 35.6 Å². The molecule has 1 fully saturated rings. The van der Waals surface area contributed by atoms with Crippen molar-refractivity contribution in [2.24, 2.45) is 5.41 Å². The van der Waals surface area contributed by atoms with E-state index < -0.39 is 0 Å². The van der Waals surface area contributed by atoms with Crippen LogP contribution < -0.4 is 5.32 Å². The smallest absolute Gasteiger partial charge is 0.123 e. The average molecular weight is 237 g/mol. The van der Waals surface area contributed by atoms with Gasteiger partial charge in [-0.2, -0.15) is 0 Å². The summed E-state index contributed by atoms with van der Waals surface area (Å²) >= 11 is 0. The molecular weight excluding hydrogens is 217 g/mol. The van der Waals surface area contributed by atoms with Crippen LogP contribution in [0.15, 0.2) is 24.3 Å². The molecule has 0 spiro atoms. The lowest BCUT2D eigenvalue weighted by Crippen LogP contribution is -2.40. The molecule has 1 aromatic carbocycles. The predicted octanol–water partition coefficient (Wildman–Crippen LogP) is 2.38. The van der Waals surface area contributed by atoms with Crippen LogP contribution in [-0.4, -0.2) is 26.3 Å². The van der Waals surface area contributed by atoms with Crippen molar-refractivity contribution >= 4 is 0 Å². The highest BCUT2D eigenvalue weighted by atomic mass is 19.1. The molecule has 2 nitrogen and oxygen atoms in total. The minimum absolute atomic E-state index is 0.0997. The lowest BCUT2D eigenvalue weighted by atomic mass is 9.76. The van der Waals surface area contributed by atoms with Gasteiger partial charge >= 0.3 is 0 Å². The zero-order valence-corrected chi connectivity index (χ0v) is 10.5. The third-order valence-electron chi connectivity index (χ3n) is 3.80. The highest BCUT2D eigenvalue weighted by Crippen LogP contribution is 2.37. The van der Waals surface area contributed by atoms with E-state index in [-0.39, 0.29) is 17.3 Å². The van der Waals surface area contributed by atoms with Gasteiger partial charge in [0.1, 0.15) is 5.82 Å². The largest absolute Gasteiger partial charge is 0.378 e. The number of halogens is 1. The molecule has 1 saturated heterocycles. The molecule has 0 saturated carbocycles. The van der Waals surface area contributed by atoms with Crippen LogP contribution >= 0.6 is 0 Å². The molecule has 1 aromatic rings. The average Bonchev–Trinajstić information content (AvgIpc) is 2.61. The molecule has 0 radical (unpaired) electrons. The minimum atomic E-state index is -0.159. The van der Waals surface area contributed by atoms with E-state index in [1.165, 1.54) is 6.07 Å². The molecule has 0 aromatic heterocycles. The van der Waals surface area contributed by atoms with Crippen LogP contribution in [0.3, 0.4) is 0 Å². The fourth-order valence-corrected chi connectivity index (χ4v) is 2.75. The van der Waals surface area contributed by atoms with Crippen LogP contribution in [0.1, 0.15) is 18.9 Å². The maximum absolute atomic E-state index is 13.2. The van der Waals surface area contributed by atoms with Crippen LogP contribution in [0.4, 0.5) is 4.39 Å². The summed E-state index contributed by atoms with van der Waals surface area (Å²) in [7, 11) is 1.96. The van der Waals surface area contributed by atoms with Gasteiger partial charge in [-0.1, -0.05) is 12.1 Å². The number of hydrogen-bond acceptors (Lipinski definition) is 2. The van der Waals surface area contributed by atoms with Crippen molar-refractivity contribution in [2.45, 2.75) is 25.9 Å². The fourth-order valence-electron chi connectivity index (χ4n) is 2.75. The predicted molar refractivity (Wildman–Crippen MR) is 66.5 cm³/mol. The van der Waals surface area contributed by atoms with Crippen molar-refractivity contribution in [1.82, 2.24) is 5.32 Å². The van der Waals surface area contributed by atoms with E-state index in [9.17, 15) is 4.39 Å². The number of hydrogen-bond donors (Lipinski definition) is 1. The van der Waals surface area contributed by atoms with Gasteiger partial charge in [0, 0.05) is 18.6 Å². The van der Waals surface area contributed by atoms with Crippen molar-refractivity contribution < 1.29 is 9.13 Å². The molecule has 2 unspecified atom stereocenters. The van der Waals surface area contributed by atoms with Crippen molar-refractivity contribution in [3.63, 3.8) is 0 Å². The standard InChI is InChI=1S/C14H20FNO/c1-11-14(10-16-2,6-7-17-11)9-12-4-3-5-13(15)8-12/h3-5,8,11,16H,6-7,9-10H2,1-2H3. The van der Waals surface area contributed by atoms with Crippen LogP contribution in [0.2, 0.25) is 0 Å². The van der Waals surface area contributed by atoms with E-state index in [0.29, 0.717) is 0 Å². The summed E-state index contributed by atoms with van der Waals surface area (Å²) < 4.78 is 18.9. The molecule has 2 rings (SSSR count). The van der Waals surface area contributed by atoms with Gasteiger partial charge in [0.05, 0.1) is 6.10 Å². The Bertz CT molecular complexity index is 382. The molecule has 94 valence electrons. The summed E-state index contributed by atoms with van der Waals surface area (Å²) in [6.45, 7) is 3.83. The SMILES string of the molecule is CNCC1(Cc2cccc(F)c2)CCOC1C. The van der Waals surface area contributed by atoms with Gasteiger partial charge in [-0.05, 0) is 44.5 Å². The number of ether oxygens (including phenoxy) is 1. The molecule has 1 heterocycles. The molecule has 1 N–H and O–H groups in total. The molecular formula is C14H20FNO. The Kier molecular flexibility index (Phi) is 3.79. The summed E-state index contributed by atoms with van der Waals surface area (Å²) in [5.74, 6) is -0.159. The Morgan fingerprint density at radius 2 is 2.35 bits per heavy atom. The second-order valence-electron chi connectivity index (χ2n) is 4.96. The third-order valence-corrected chi connectivity index (χ3v) is 3.80. The summed E-state index contributed by atoms with van der Waals surface area (Å²) in [6, 6.07) is 6.88. The lowest BCUT2D eigenvalue weighted by molar-refractivity contribution is 0.0639. The van der Waals surface area contributed by atoms with Crippen LogP contribution in [-0.2, 0) is 11.2 Å². The van der Waals surface area contributed by atoms with Gasteiger partial charge < -0.3 is 10.1 Å². The first kappa shape index (κ1) is 12.5. The van der Waals surface area contributed by atoms with E-state index in [2.05, 4.69) is 12.2 Å². The molecule has 0 bridgehead atoms. The molecule has 2 atom stereocenters. The second kappa shape index (κ2) is 5.15. The molecule has 1 aliphatic heterocycles. The maximum atomic E-state index is 13.2. The Hall–Kier alpha value is -0.930. The highest BCUT2D eigenvalue weighted by molar-refractivity contribution is 5.19. The maximum Gasteiger partial charge on any atom is 0.123 e. The Morgan fingerprint density at radius 1 is 1.53 bits per heavy atom. The summed E-state index contributed by atoms with van der Waals surface area (Å²) in [5.41, 5.74) is 1.15. The van der Waals surface area contributed by atoms with E-state index in [0.717, 1.165) is 31.6 Å². The lowest BCUT2D eigenvalue weighted by Gasteiger charge is -2.32. The van der Waals surface area contributed by atoms with Gasteiger partial charge in [-0.3, -0.25) is 0 Å². The van der Waals surface area contributed by atoms with E-state index in [1.807, 2.05) is 13.1 Å². The van der Waals surface area contributed by atoms with E-state index in [4.69, 9.17) is 4.74 Å². The summed E-state index contributed by atoms with van der Waals surface area (Å²) in [4.78, 5) is 0. The Labute approximate surface area is 102 Å². The summed E-state index contributed by atoms with van der Waals surface area (Å²) in [5, 5.41) is 3.24. The van der Waals surface area contributed by atoms with Crippen molar-refractivity contribution in [3.8, 4) is 0 Å². The number of rotatable bonds is 4. The number of nitrogens with one attached hydrogen (secondary N) is 1. The van der Waals surface area contributed by atoms with Crippen LogP contribution in [0.5, 0.6) is 0 Å². The highest BCUT2D eigenvalue weighted by Gasteiger charge is 2.40. The molecule has 3 heteroatoms. The Morgan fingerprint density at radius 3 is 2.94 bits per heavy atom. The Balaban J connectivity index is 2.18. The minimum Gasteiger partial charge on any atom is -0.378 e. The second-order valence-corrected chi connectivity index (χ2v) is 4.96. The molecule has 1 aliphatic rings. The van der Waals surface area contributed by atoms with Crippen molar-refractivity contribution in [1.29, 1.82) is 0 Å². The van der Waals surface area contributed by atoms with E-state index in [1.54, 1.807) is 12.1 Å². The topological polar surface area (TPSA) is 21.3 Å². The van der Waals surface area contributed by atoms with Crippen LogP contribution in [0, 0.1) is 11.2 Å². The van der Waals surface area contributed by atoms with Gasteiger partial charge in [0.2, 0.25) is 0 Å². The first-order valence-corrected chi connectivity index (χ1v) is 6.17. The first-order chi connectivity index (χ1) is 8.16. The molecule has 0 amide bonds. The third kappa shape index (κ3) is 2.67. The molecule has 17 heavy (non-hydrogen) atoms. The monoisotopic (exact) mass is 237 g/mol. The van der Waals surface area contributed by atoms with Crippen LogP contribution in [0.25, 0.3) is 0 Å². The summed E-state index contributed by atoms with van der Waals surface area (Å²) in [6.07, 6.45) is 2.12. The fraction of sp³-hybridized carbons (Fsp3) is 0.571. The normalized spacial score (nSPS) is 28.5. The molecule has 0 aliphatic carbocycles.